The number of piperidine rings is 1. The lowest BCUT2D eigenvalue weighted by Crippen LogP contribution is -2.50. The molecule has 6 heteroatoms. The first-order chi connectivity index (χ1) is 9.99. The Balaban J connectivity index is 2.03. The van der Waals surface area contributed by atoms with Gasteiger partial charge in [-0.2, -0.15) is 0 Å². The molecule has 114 valence electrons. The van der Waals surface area contributed by atoms with Crippen molar-refractivity contribution in [1.29, 1.82) is 0 Å². The summed E-state index contributed by atoms with van der Waals surface area (Å²) in [6, 6.07) is 6.60. The molecule has 2 rings (SSSR count). The molecule has 0 saturated carbocycles. The Morgan fingerprint density at radius 1 is 1.33 bits per heavy atom. The highest BCUT2D eigenvalue weighted by Crippen LogP contribution is 2.28. The number of carboxylic acids is 1. The van der Waals surface area contributed by atoms with Crippen LogP contribution in [0.3, 0.4) is 0 Å². The van der Waals surface area contributed by atoms with Crippen LogP contribution in [0.4, 0.5) is 0 Å². The van der Waals surface area contributed by atoms with Crippen LogP contribution in [0.5, 0.6) is 0 Å². The van der Waals surface area contributed by atoms with Gasteiger partial charge < -0.3 is 10.0 Å². The van der Waals surface area contributed by atoms with Crippen molar-refractivity contribution in [3.63, 3.8) is 0 Å². The molecule has 1 heterocycles. The van der Waals surface area contributed by atoms with E-state index in [0.29, 0.717) is 18.0 Å². The van der Waals surface area contributed by atoms with Gasteiger partial charge in [0.2, 0.25) is 5.91 Å². The van der Waals surface area contributed by atoms with Crippen molar-refractivity contribution in [2.45, 2.75) is 42.4 Å². The highest BCUT2D eigenvalue weighted by Gasteiger charge is 2.34. The SMILES string of the molecule is CC(Sc1ccc(Cl)cc1)C(=O)N1CCCC[C@@H]1C(=O)O. The number of rotatable bonds is 4. The van der Waals surface area contributed by atoms with Gasteiger partial charge in [0.15, 0.2) is 0 Å². The molecule has 21 heavy (non-hydrogen) atoms. The third kappa shape index (κ3) is 4.14. The summed E-state index contributed by atoms with van der Waals surface area (Å²) in [7, 11) is 0. The number of aliphatic carboxylic acids is 1. The highest BCUT2D eigenvalue weighted by molar-refractivity contribution is 8.00. The molecule has 0 spiro atoms. The van der Waals surface area contributed by atoms with Crippen LogP contribution in [-0.2, 0) is 9.59 Å². The van der Waals surface area contributed by atoms with Crippen LogP contribution in [0.2, 0.25) is 5.02 Å². The third-order valence-corrected chi connectivity index (χ3v) is 4.90. The van der Waals surface area contributed by atoms with E-state index in [1.807, 2.05) is 19.1 Å². The van der Waals surface area contributed by atoms with E-state index in [4.69, 9.17) is 11.6 Å². The molecular weight excluding hydrogens is 310 g/mol. The number of amides is 1. The predicted octanol–water partition coefficient (Wildman–Crippen LogP) is 3.29. The van der Waals surface area contributed by atoms with Crippen LogP contribution >= 0.6 is 23.4 Å². The van der Waals surface area contributed by atoms with Crippen LogP contribution in [0.15, 0.2) is 29.2 Å². The number of carbonyl (C=O) groups is 2. The second-order valence-electron chi connectivity index (χ2n) is 5.10. The number of carboxylic acid groups (broad SMARTS) is 1. The van der Waals surface area contributed by atoms with Crippen molar-refractivity contribution < 1.29 is 14.7 Å². The van der Waals surface area contributed by atoms with E-state index in [2.05, 4.69) is 0 Å². The Hall–Kier alpha value is -1.20. The first-order valence-corrected chi connectivity index (χ1v) is 8.20. The summed E-state index contributed by atoms with van der Waals surface area (Å²) in [5, 5.41) is 9.58. The average molecular weight is 328 g/mol. The second kappa shape index (κ2) is 7.18. The Morgan fingerprint density at radius 3 is 2.62 bits per heavy atom. The maximum atomic E-state index is 12.5. The molecule has 1 amide bonds. The number of likely N-dealkylation sites (tertiary alicyclic amines) is 1. The van der Waals surface area contributed by atoms with Crippen molar-refractivity contribution in [1.82, 2.24) is 4.90 Å². The molecule has 1 N–H and O–H groups in total. The third-order valence-electron chi connectivity index (χ3n) is 3.55. The van der Waals surface area contributed by atoms with E-state index >= 15 is 0 Å². The van der Waals surface area contributed by atoms with Gasteiger partial charge in [-0.1, -0.05) is 11.6 Å². The number of hydrogen-bond donors (Lipinski definition) is 1. The summed E-state index contributed by atoms with van der Waals surface area (Å²) in [4.78, 5) is 26.2. The van der Waals surface area contributed by atoms with Gasteiger partial charge in [-0.15, -0.1) is 11.8 Å². The molecule has 2 atom stereocenters. The lowest BCUT2D eigenvalue weighted by atomic mass is 10.0. The Morgan fingerprint density at radius 2 is 2.00 bits per heavy atom. The Labute approximate surface area is 133 Å². The standard InChI is InChI=1S/C15H18ClNO3S/c1-10(21-12-7-5-11(16)6-8-12)14(18)17-9-3-2-4-13(17)15(19)20/h5-8,10,13H,2-4,9H2,1H3,(H,19,20)/t10?,13-/m1/s1. The first-order valence-electron chi connectivity index (χ1n) is 6.94. The van der Waals surface area contributed by atoms with Gasteiger partial charge in [0.1, 0.15) is 6.04 Å². The number of carbonyl (C=O) groups excluding carboxylic acids is 1. The summed E-state index contributed by atoms with van der Waals surface area (Å²) in [6.07, 6.45) is 2.27. The van der Waals surface area contributed by atoms with Crippen LogP contribution in [0.25, 0.3) is 0 Å². The maximum Gasteiger partial charge on any atom is 0.326 e. The number of halogens is 1. The lowest BCUT2D eigenvalue weighted by Gasteiger charge is -2.34. The van der Waals surface area contributed by atoms with Gasteiger partial charge in [-0.3, -0.25) is 4.79 Å². The molecule has 1 aromatic carbocycles. The van der Waals surface area contributed by atoms with Crippen LogP contribution in [0, 0.1) is 0 Å². The monoisotopic (exact) mass is 327 g/mol. The highest BCUT2D eigenvalue weighted by atomic mass is 35.5. The van der Waals surface area contributed by atoms with Crippen molar-refractivity contribution in [2.24, 2.45) is 0 Å². The van der Waals surface area contributed by atoms with E-state index in [0.717, 1.165) is 17.7 Å². The quantitative estimate of drug-likeness (QED) is 0.862. The lowest BCUT2D eigenvalue weighted by molar-refractivity contribution is -0.151. The molecule has 1 unspecified atom stereocenters. The van der Waals surface area contributed by atoms with E-state index in [1.54, 1.807) is 12.1 Å². The van der Waals surface area contributed by atoms with E-state index in [-0.39, 0.29) is 11.2 Å². The number of thioether (sulfide) groups is 1. The number of hydrogen-bond acceptors (Lipinski definition) is 3. The minimum atomic E-state index is -0.910. The van der Waals surface area contributed by atoms with E-state index < -0.39 is 12.0 Å². The smallest absolute Gasteiger partial charge is 0.326 e. The zero-order valence-corrected chi connectivity index (χ0v) is 13.4. The van der Waals surface area contributed by atoms with Gasteiger partial charge in [0.25, 0.3) is 0 Å². The molecule has 1 aromatic rings. The van der Waals surface area contributed by atoms with Gasteiger partial charge >= 0.3 is 5.97 Å². The van der Waals surface area contributed by atoms with Crippen molar-refractivity contribution >= 4 is 35.2 Å². The fourth-order valence-electron chi connectivity index (χ4n) is 2.45. The van der Waals surface area contributed by atoms with Crippen LogP contribution in [0.1, 0.15) is 26.2 Å². The topological polar surface area (TPSA) is 57.6 Å². The molecule has 4 nitrogen and oxygen atoms in total. The van der Waals surface area contributed by atoms with E-state index in [9.17, 15) is 14.7 Å². The zero-order valence-electron chi connectivity index (χ0n) is 11.8. The molecule has 0 radical (unpaired) electrons. The Bertz CT molecular complexity index is 520. The minimum Gasteiger partial charge on any atom is -0.480 e. The molecule has 0 aliphatic carbocycles. The molecule has 1 aliphatic rings. The maximum absolute atomic E-state index is 12.5. The van der Waals surface area contributed by atoms with Gasteiger partial charge in [0, 0.05) is 16.5 Å². The second-order valence-corrected chi connectivity index (χ2v) is 6.95. The minimum absolute atomic E-state index is 0.109. The number of nitrogens with zero attached hydrogens (tertiary/aromatic N) is 1. The zero-order chi connectivity index (χ0) is 15.4. The summed E-state index contributed by atoms with van der Waals surface area (Å²) >= 11 is 7.26. The van der Waals surface area contributed by atoms with Crippen LogP contribution in [-0.4, -0.2) is 39.7 Å². The predicted molar refractivity (Wildman–Crippen MR) is 83.8 cm³/mol. The van der Waals surface area contributed by atoms with Crippen molar-refractivity contribution in [2.75, 3.05) is 6.54 Å². The summed E-state index contributed by atoms with van der Waals surface area (Å²) in [6.45, 7) is 2.34. The van der Waals surface area contributed by atoms with Gasteiger partial charge in [-0.25, -0.2) is 4.79 Å². The number of benzene rings is 1. The van der Waals surface area contributed by atoms with Crippen molar-refractivity contribution in [3.8, 4) is 0 Å². The molecule has 1 saturated heterocycles. The molecular formula is C15H18ClNO3S. The summed E-state index contributed by atoms with van der Waals surface area (Å²) in [5.74, 6) is -1.02. The van der Waals surface area contributed by atoms with Crippen molar-refractivity contribution in [3.05, 3.63) is 29.3 Å². The summed E-state index contributed by atoms with van der Waals surface area (Å²) in [5.41, 5.74) is 0. The normalized spacial score (nSPS) is 20.1. The van der Waals surface area contributed by atoms with Gasteiger partial charge in [-0.05, 0) is 50.5 Å². The molecule has 0 bridgehead atoms. The molecule has 0 aromatic heterocycles. The average Bonchev–Trinajstić information content (AvgIpc) is 2.48. The van der Waals surface area contributed by atoms with E-state index in [1.165, 1.54) is 16.7 Å². The largest absolute Gasteiger partial charge is 0.480 e. The fraction of sp³-hybridized carbons (Fsp3) is 0.467. The fourth-order valence-corrected chi connectivity index (χ4v) is 3.52. The first kappa shape index (κ1) is 16.2. The molecule has 1 aliphatic heterocycles. The van der Waals surface area contributed by atoms with Crippen LogP contribution < -0.4 is 0 Å². The van der Waals surface area contributed by atoms with Gasteiger partial charge in [0.05, 0.1) is 5.25 Å². The Kier molecular flexibility index (Phi) is 5.53. The molecule has 1 fully saturated rings. The summed E-state index contributed by atoms with van der Waals surface area (Å²) < 4.78 is 0.